The molecule has 0 unspecified atom stereocenters. The SMILES string of the molecule is COC(=O)Nc1cc(Oc2c(C(F)(F)F)cc([N+](=O)[O-])cc2C(F)(F)F)ccc1O. The quantitative estimate of drug-likeness (QED) is 0.289. The van der Waals surface area contributed by atoms with Gasteiger partial charge in [-0.2, -0.15) is 26.3 Å². The summed E-state index contributed by atoms with van der Waals surface area (Å²) in [5.74, 6) is -2.98. The molecule has 1 amide bonds. The fourth-order valence-electron chi connectivity index (χ4n) is 2.21. The molecule has 0 spiro atoms. The molecule has 0 bridgehead atoms. The molecule has 0 fully saturated rings. The molecule has 0 aliphatic heterocycles. The molecule has 2 rings (SSSR count). The van der Waals surface area contributed by atoms with E-state index in [1.807, 2.05) is 5.32 Å². The molecule has 2 aromatic rings. The van der Waals surface area contributed by atoms with E-state index in [1.54, 1.807) is 0 Å². The van der Waals surface area contributed by atoms with E-state index < -0.39 is 63.1 Å². The van der Waals surface area contributed by atoms with Gasteiger partial charge in [0.2, 0.25) is 0 Å². The Morgan fingerprint density at radius 1 is 1.07 bits per heavy atom. The highest BCUT2D eigenvalue weighted by Gasteiger charge is 2.44. The van der Waals surface area contributed by atoms with Gasteiger partial charge >= 0.3 is 18.4 Å². The number of nitro benzene ring substituents is 1. The number of anilines is 1. The molecule has 0 saturated carbocycles. The van der Waals surface area contributed by atoms with Crippen molar-refractivity contribution in [3.8, 4) is 17.2 Å². The van der Waals surface area contributed by atoms with Crippen LogP contribution in [0.3, 0.4) is 0 Å². The van der Waals surface area contributed by atoms with Crippen LogP contribution in [0.2, 0.25) is 0 Å². The van der Waals surface area contributed by atoms with Crippen LogP contribution in [0.4, 0.5) is 42.5 Å². The highest BCUT2D eigenvalue weighted by atomic mass is 19.4. The zero-order chi connectivity index (χ0) is 22.9. The first-order valence-corrected chi connectivity index (χ1v) is 7.56. The first-order valence-electron chi connectivity index (χ1n) is 7.56. The number of non-ortho nitro benzene ring substituents is 1. The summed E-state index contributed by atoms with van der Waals surface area (Å²) in [4.78, 5) is 20.6. The molecule has 0 atom stereocenters. The average Bonchev–Trinajstić information content (AvgIpc) is 2.62. The molecule has 162 valence electrons. The van der Waals surface area contributed by atoms with Gasteiger partial charge in [0.05, 0.1) is 17.7 Å². The lowest BCUT2D eigenvalue weighted by Gasteiger charge is -2.19. The lowest BCUT2D eigenvalue weighted by molar-refractivity contribution is -0.385. The van der Waals surface area contributed by atoms with Gasteiger partial charge in [0, 0.05) is 18.2 Å². The predicted molar refractivity (Wildman–Crippen MR) is 87.3 cm³/mol. The number of methoxy groups -OCH3 is 1. The van der Waals surface area contributed by atoms with Crippen LogP contribution < -0.4 is 10.1 Å². The van der Waals surface area contributed by atoms with Gasteiger partial charge in [0.25, 0.3) is 5.69 Å². The van der Waals surface area contributed by atoms with E-state index in [2.05, 4.69) is 4.74 Å². The number of nitrogens with zero attached hydrogens (tertiary/aromatic N) is 1. The average molecular weight is 440 g/mol. The Balaban J connectivity index is 2.67. The minimum atomic E-state index is -5.44. The van der Waals surface area contributed by atoms with E-state index in [4.69, 9.17) is 4.74 Å². The van der Waals surface area contributed by atoms with E-state index in [-0.39, 0.29) is 12.1 Å². The lowest BCUT2D eigenvalue weighted by atomic mass is 10.1. The summed E-state index contributed by atoms with van der Waals surface area (Å²) in [5.41, 5.74) is -5.97. The molecule has 2 N–H and O–H groups in total. The number of phenolic OH excluding ortho intramolecular Hbond substituents is 1. The summed E-state index contributed by atoms with van der Waals surface area (Å²) in [6.07, 6.45) is -12.0. The lowest BCUT2D eigenvalue weighted by Crippen LogP contribution is -2.15. The Labute approximate surface area is 162 Å². The number of hydrogen-bond acceptors (Lipinski definition) is 6. The smallest absolute Gasteiger partial charge is 0.420 e. The number of nitrogens with one attached hydrogen (secondary N) is 1. The Morgan fingerprint density at radius 3 is 2.03 bits per heavy atom. The maximum atomic E-state index is 13.3. The first kappa shape index (κ1) is 22.6. The normalized spacial score (nSPS) is 11.7. The van der Waals surface area contributed by atoms with Crippen LogP contribution in [0.1, 0.15) is 11.1 Å². The van der Waals surface area contributed by atoms with Gasteiger partial charge in [-0.05, 0) is 12.1 Å². The van der Waals surface area contributed by atoms with Crippen molar-refractivity contribution in [2.24, 2.45) is 0 Å². The monoisotopic (exact) mass is 440 g/mol. The van der Waals surface area contributed by atoms with E-state index in [0.29, 0.717) is 0 Å². The molecule has 0 aliphatic rings. The van der Waals surface area contributed by atoms with Gasteiger partial charge in [0.15, 0.2) is 5.75 Å². The number of carbonyl (C=O) groups is 1. The number of benzene rings is 2. The van der Waals surface area contributed by atoms with Gasteiger partial charge in [-0.25, -0.2) is 4.79 Å². The van der Waals surface area contributed by atoms with Crippen molar-refractivity contribution in [2.45, 2.75) is 12.4 Å². The number of nitro groups is 1. The maximum absolute atomic E-state index is 13.3. The van der Waals surface area contributed by atoms with Crippen molar-refractivity contribution >= 4 is 17.5 Å². The third kappa shape index (κ3) is 5.01. The largest absolute Gasteiger partial charge is 0.506 e. The van der Waals surface area contributed by atoms with Gasteiger partial charge in [-0.15, -0.1) is 0 Å². The van der Waals surface area contributed by atoms with Gasteiger partial charge < -0.3 is 14.6 Å². The standard InChI is InChI=1S/C16H10F6N2O6/c1-29-14(26)23-11-6-8(2-3-12(11)25)30-13-9(15(17,18)19)4-7(24(27)28)5-10(13)16(20,21)22/h2-6,25H,1H3,(H,23,26). The molecular formula is C16H10F6N2O6. The van der Waals surface area contributed by atoms with Gasteiger partial charge in [-0.3, -0.25) is 15.4 Å². The Bertz CT molecular complexity index is 954. The molecule has 2 aromatic carbocycles. The number of carbonyl (C=O) groups excluding carboxylic acids is 1. The number of aromatic hydroxyl groups is 1. The molecule has 8 nitrogen and oxygen atoms in total. The summed E-state index contributed by atoms with van der Waals surface area (Å²) < 4.78 is 89.1. The molecule has 14 heteroatoms. The van der Waals surface area contributed by atoms with Gasteiger partial charge in [-0.1, -0.05) is 0 Å². The zero-order valence-corrected chi connectivity index (χ0v) is 14.6. The number of phenols is 1. The van der Waals surface area contributed by atoms with Crippen LogP contribution in [-0.4, -0.2) is 23.2 Å². The Kier molecular flexibility index (Phi) is 5.99. The van der Waals surface area contributed by atoms with Crippen LogP contribution in [0.25, 0.3) is 0 Å². The van der Waals surface area contributed by atoms with Crippen LogP contribution >= 0.6 is 0 Å². The first-order chi connectivity index (χ1) is 13.7. The molecule has 0 saturated heterocycles. The number of halogens is 6. The molecule has 0 radical (unpaired) electrons. The predicted octanol–water partition coefficient (Wildman–Crippen LogP) is 5.31. The Morgan fingerprint density at radius 2 is 1.60 bits per heavy atom. The van der Waals surface area contributed by atoms with E-state index in [0.717, 1.165) is 25.3 Å². The van der Waals surface area contributed by atoms with E-state index in [1.165, 1.54) is 0 Å². The summed E-state index contributed by atoms with van der Waals surface area (Å²) in [5, 5.41) is 22.4. The van der Waals surface area contributed by atoms with Crippen molar-refractivity contribution in [1.29, 1.82) is 0 Å². The highest BCUT2D eigenvalue weighted by molar-refractivity contribution is 5.86. The topological polar surface area (TPSA) is 111 Å². The van der Waals surface area contributed by atoms with Crippen molar-refractivity contribution in [1.82, 2.24) is 0 Å². The molecule has 0 heterocycles. The van der Waals surface area contributed by atoms with Crippen molar-refractivity contribution in [2.75, 3.05) is 12.4 Å². The summed E-state index contributed by atoms with van der Waals surface area (Å²) in [7, 11) is 0.967. The van der Waals surface area contributed by atoms with E-state index in [9.17, 15) is 46.4 Å². The second kappa shape index (κ2) is 7.96. The van der Waals surface area contributed by atoms with Crippen LogP contribution in [0.5, 0.6) is 17.2 Å². The number of ether oxygens (including phenoxy) is 2. The molecule has 0 aromatic heterocycles. The minimum Gasteiger partial charge on any atom is -0.506 e. The number of amides is 1. The third-order valence-electron chi connectivity index (χ3n) is 3.51. The second-order valence-corrected chi connectivity index (χ2v) is 5.52. The van der Waals surface area contributed by atoms with Gasteiger partial charge in [0.1, 0.15) is 22.6 Å². The van der Waals surface area contributed by atoms with Crippen molar-refractivity contribution in [3.05, 3.63) is 51.6 Å². The third-order valence-corrected chi connectivity index (χ3v) is 3.51. The maximum Gasteiger partial charge on any atom is 0.420 e. The summed E-state index contributed by atoms with van der Waals surface area (Å²) in [6.45, 7) is 0. The van der Waals surface area contributed by atoms with Crippen LogP contribution in [-0.2, 0) is 17.1 Å². The van der Waals surface area contributed by atoms with Crippen molar-refractivity contribution in [3.63, 3.8) is 0 Å². The summed E-state index contributed by atoms with van der Waals surface area (Å²) in [6, 6.07) is 2.18. The minimum absolute atomic E-state index is 0.0986. The highest BCUT2D eigenvalue weighted by Crippen LogP contribution is 2.48. The molecule has 0 aliphatic carbocycles. The van der Waals surface area contributed by atoms with E-state index >= 15 is 0 Å². The van der Waals surface area contributed by atoms with Crippen LogP contribution in [0, 0.1) is 10.1 Å². The zero-order valence-electron chi connectivity index (χ0n) is 14.6. The second-order valence-electron chi connectivity index (χ2n) is 5.52. The number of hydrogen-bond donors (Lipinski definition) is 2. The number of rotatable bonds is 4. The van der Waals surface area contributed by atoms with Crippen LogP contribution in [0.15, 0.2) is 30.3 Å². The number of alkyl halides is 6. The Hall–Kier alpha value is -3.71. The van der Waals surface area contributed by atoms with Crippen molar-refractivity contribution < 1.29 is 50.6 Å². The molecule has 30 heavy (non-hydrogen) atoms. The summed E-state index contributed by atoms with van der Waals surface area (Å²) >= 11 is 0. The molecular weight excluding hydrogens is 430 g/mol. The fraction of sp³-hybridized carbons (Fsp3) is 0.188. The fourth-order valence-corrected chi connectivity index (χ4v) is 2.21.